The molecule has 176 valence electrons. The minimum Gasteiger partial charge on any atom is -0.481 e. The fourth-order valence-corrected chi connectivity index (χ4v) is 3.57. The number of rotatable bonds is 22. The number of carboxylic acids is 1. The minimum atomic E-state index is -0.733. The van der Waals surface area contributed by atoms with Crippen LogP contribution in [0.3, 0.4) is 0 Å². The van der Waals surface area contributed by atoms with Crippen LogP contribution in [0.5, 0.6) is 0 Å². The molecule has 0 saturated carbocycles. The van der Waals surface area contributed by atoms with Crippen molar-refractivity contribution in [2.75, 3.05) is 0 Å². The Morgan fingerprint density at radius 1 is 0.700 bits per heavy atom. The Hall–Kier alpha value is -1.32. The van der Waals surface area contributed by atoms with E-state index in [0.717, 1.165) is 51.4 Å². The van der Waals surface area contributed by atoms with E-state index >= 15 is 0 Å². The summed E-state index contributed by atoms with van der Waals surface area (Å²) in [6.45, 7) is 4.38. The van der Waals surface area contributed by atoms with Crippen LogP contribution in [0.1, 0.15) is 136 Å². The summed E-state index contributed by atoms with van der Waals surface area (Å²) >= 11 is 0. The summed E-state index contributed by atoms with van der Waals surface area (Å²) < 4.78 is 5.72. The van der Waals surface area contributed by atoms with Crippen LogP contribution in [0.2, 0.25) is 0 Å². The monoisotopic (exact) mass is 424 g/mol. The van der Waals surface area contributed by atoms with E-state index in [1.165, 1.54) is 51.4 Å². The molecule has 0 aliphatic heterocycles. The first-order valence-corrected chi connectivity index (χ1v) is 12.7. The molecule has 0 spiro atoms. The van der Waals surface area contributed by atoms with Crippen molar-refractivity contribution in [3.8, 4) is 0 Å². The molecule has 1 atom stereocenters. The molecule has 1 N–H and O–H groups in total. The number of allylic oxidation sites excluding steroid dienone is 2. The second-order valence-electron chi connectivity index (χ2n) is 8.52. The summed E-state index contributed by atoms with van der Waals surface area (Å²) in [7, 11) is 0. The number of unbranched alkanes of at least 4 members (excludes halogenated alkanes) is 11. The molecule has 0 aromatic rings. The van der Waals surface area contributed by atoms with Crippen LogP contribution < -0.4 is 0 Å². The van der Waals surface area contributed by atoms with Crippen molar-refractivity contribution >= 4 is 11.9 Å². The third-order valence-electron chi connectivity index (χ3n) is 5.49. The third-order valence-corrected chi connectivity index (χ3v) is 5.49. The number of aliphatic carboxylic acids is 1. The summed E-state index contributed by atoms with van der Waals surface area (Å²) in [5, 5.41) is 8.70. The Balaban J connectivity index is 3.73. The lowest BCUT2D eigenvalue weighted by Crippen LogP contribution is -2.18. The van der Waals surface area contributed by atoms with Gasteiger partial charge in [-0.05, 0) is 57.8 Å². The van der Waals surface area contributed by atoms with Gasteiger partial charge in [-0.1, -0.05) is 77.4 Å². The summed E-state index contributed by atoms with van der Waals surface area (Å²) in [6.07, 6.45) is 23.9. The molecule has 30 heavy (non-hydrogen) atoms. The zero-order valence-electron chi connectivity index (χ0n) is 19.8. The average molecular weight is 425 g/mol. The molecule has 0 radical (unpaired) electrons. The van der Waals surface area contributed by atoms with Gasteiger partial charge in [0.05, 0.1) is 0 Å². The van der Waals surface area contributed by atoms with E-state index in [1.54, 1.807) is 0 Å². The van der Waals surface area contributed by atoms with Gasteiger partial charge < -0.3 is 9.84 Å². The molecule has 0 amide bonds. The SMILES string of the molecule is CCCCC/C=C\CCCCCCCC(=O)OC(CCCC)CCCCCC(=O)O. The van der Waals surface area contributed by atoms with E-state index in [0.29, 0.717) is 12.8 Å². The van der Waals surface area contributed by atoms with E-state index in [1.807, 2.05) is 0 Å². The van der Waals surface area contributed by atoms with Gasteiger partial charge in [0, 0.05) is 12.8 Å². The average Bonchev–Trinajstić information content (AvgIpc) is 2.72. The molecule has 0 saturated heterocycles. The van der Waals surface area contributed by atoms with Gasteiger partial charge in [0.2, 0.25) is 0 Å². The zero-order chi connectivity index (χ0) is 22.3. The van der Waals surface area contributed by atoms with Crippen LogP contribution in [0.25, 0.3) is 0 Å². The Morgan fingerprint density at radius 2 is 1.23 bits per heavy atom. The molecule has 4 heteroatoms. The molecule has 0 aliphatic carbocycles. The maximum absolute atomic E-state index is 12.2. The quantitative estimate of drug-likeness (QED) is 0.109. The Bertz CT molecular complexity index is 431. The molecule has 4 nitrogen and oxygen atoms in total. The van der Waals surface area contributed by atoms with Gasteiger partial charge in [-0.15, -0.1) is 0 Å². The van der Waals surface area contributed by atoms with E-state index in [2.05, 4.69) is 26.0 Å². The highest BCUT2D eigenvalue weighted by Crippen LogP contribution is 2.16. The predicted octanol–water partition coefficient (Wildman–Crippen LogP) is 7.99. The van der Waals surface area contributed by atoms with Crippen molar-refractivity contribution in [3.05, 3.63) is 12.2 Å². The van der Waals surface area contributed by atoms with Crippen molar-refractivity contribution < 1.29 is 19.4 Å². The predicted molar refractivity (Wildman–Crippen MR) is 126 cm³/mol. The number of carbonyl (C=O) groups is 2. The van der Waals surface area contributed by atoms with Crippen molar-refractivity contribution in [3.63, 3.8) is 0 Å². The summed E-state index contributed by atoms with van der Waals surface area (Å²) in [4.78, 5) is 22.7. The molecule has 1 unspecified atom stereocenters. The lowest BCUT2D eigenvalue weighted by molar-refractivity contribution is -0.150. The summed E-state index contributed by atoms with van der Waals surface area (Å²) in [5.74, 6) is -0.792. The molecular formula is C26H48O4. The highest BCUT2D eigenvalue weighted by atomic mass is 16.5. The van der Waals surface area contributed by atoms with E-state index in [9.17, 15) is 9.59 Å². The van der Waals surface area contributed by atoms with Crippen LogP contribution in [0.4, 0.5) is 0 Å². The highest BCUT2D eigenvalue weighted by Gasteiger charge is 2.14. The molecule has 0 aliphatic rings. The molecular weight excluding hydrogens is 376 g/mol. The number of carbonyl (C=O) groups excluding carboxylic acids is 1. The Labute approximate surface area is 185 Å². The molecule has 0 heterocycles. The third kappa shape index (κ3) is 21.4. The first kappa shape index (κ1) is 28.7. The first-order valence-electron chi connectivity index (χ1n) is 12.7. The fraction of sp³-hybridized carbons (Fsp3) is 0.846. The highest BCUT2D eigenvalue weighted by molar-refractivity contribution is 5.69. The molecule has 0 aromatic heterocycles. The standard InChI is InChI=1S/C26H48O4/c1-3-5-7-8-9-10-11-12-13-14-15-19-23-26(29)30-24(20-6-4-2)21-17-16-18-22-25(27)28/h9-10,24H,3-8,11-23H2,1-2H3,(H,27,28)/b10-9-. The minimum absolute atomic E-state index is 0.00592. The van der Waals surface area contributed by atoms with Crippen molar-refractivity contribution in [2.24, 2.45) is 0 Å². The lowest BCUT2D eigenvalue weighted by atomic mass is 10.0. The van der Waals surface area contributed by atoms with E-state index in [-0.39, 0.29) is 18.5 Å². The second-order valence-corrected chi connectivity index (χ2v) is 8.52. The zero-order valence-corrected chi connectivity index (χ0v) is 19.8. The molecule has 0 bridgehead atoms. The van der Waals surface area contributed by atoms with Crippen molar-refractivity contribution in [1.82, 2.24) is 0 Å². The van der Waals surface area contributed by atoms with Crippen molar-refractivity contribution in [2.45, 2.75) is 142 Å². The normalized spacial score (nSPS) is 12.3. The van der Waals surface area contributed by atoms with Crippen LogP contribution in [-0.2, 0) is 14.3 Å². The lowest BCUT2D eigenvalue weighted by Gasteiger charge is -2.17. The largest absolute Gasteiger partial charge is 0.481 e. The Morgan fingerprint density at radius 3 is 1.90 bits per heavy atom. The smallest absolute Gasteiger partial charge is 0.306 e. The van der Waals surface area contributed by atoms with Crippen LogP contribution in [0.15, 0.2) is 12.2 Å². The Kier molecular flexibility index (Phi) is 21.4. The van der Waals surface area contributed by atoms with E-state index < -0.39 is 5.97 Å². The number of carboxylic acid groups (broad SMARTS) is 1. The molecule has 0 rings (SSSR count). The second kappa shape index (κ2) is 22.4. The summed E-state index contributed by atoms with van der Waals surface area (Å²) in [5.41, 5.74) is 0. The maximum atomic E-state index is 12.2. The van der Waals surface area contributed by atoms with Gasteiger partial charge in [0.1, 0.15) is 6.10 Å². The van der Waals surface area contributed by atoms with Gasteiger partial charge in [-0.3, -0.25) is 9.59 Å². The van der Waals surface area contributed by atoms with Crippen LogP contribution in [0, 0.1) is 0 Å². The van der Waals surface area contributed by atoms with Gasteiger partial charge >= 0.3 is 11.9 Å². The number of hydrogen-bond acceptors (Lipinski definition) is 3. The fourth-order valence-electron chi connectivity index (χ4n) is 3.57. The van der Waals surface area contributed by atoms with Gasteiger partial charge in [0.15, 0.2) is 0 Å². The molecule has 0 aromatic carbocycles. The van der Waals surface area contributed by atoms with Crippen molar-refractivity contribution in [1.29, 1.82) is 0 Å². The number of ether oxygens (including phenoxy) is 1. The summed E-state index contributed by atoms with van der Waals surface area (Å²) in [6, 6.07) is 0. The van der Waals surface area contributed by atoms with Gasteiger partial charge in [-0.25, -0.2) is 0 Å². The number of esters is 1. The van der Waals surface area contributed by atoms with Gasteiger partial charge in [0.25, 0.3) is 0 Å². The topological polar surface area (TPSA) is 63.6 Å². The van der Waals surface area contributed by atoms with Gasteiger partial charge in [-0.2, -0.15) is 0 Å². The van der Waals surface area contributed by atoms with Crippen LogP contribution >= 0.6 is 0 Å². The van der Waals surface area contributed by atoms with Crippen LogP contribution in [-0.4, -0.2) is 23.1 Å². The molecule has 0 fully saturated rings. The van der Waals surface area contributed by atoms with E-state index in [4.69, 9.17) is 9.84 Å². The first-order chi connectivity index (χ1) is 14.6. The number of hydrogen-bond donors (Lipinski definition) is 1. The maximum Gasteiger partial charge on any atom is 0.306 e.